The standard InChI is InChI=1S/C13H19NO3/c1-4-5-17-11-6-10(8-14-9-11)13(2,3)7-12(15)16/h6,8-9H,4-5,7H2,1-3H3,(H,15,16). The summed E-state index contributed by atoms with van der Waals surface area (Å²) < 4.78 is 5.49. The Morgan fingerprint density at radius 3 is 2.76 bits per heavy atom. The predicted molar refractivity (Wildman–Crippen MR) is 65.3 cm³/mol. The second-order valence-electron chi connectivity index (χ2n) is 4.71. The Bertz CT molecular complexity index is 388. The first kappa shape index (κ1) is 13.5. The highest BCUT2D eigenvalue weighted by Crippen LogP contribution is 2.28. The Morgan fingerprint density at radius 1 is 1.47 bits per heavy atom. The number of hydrogen-bond donors (Lipinski definition) is 1. The molecule has 0 saturated heterocycles. The number of carboxylic acids is 1. The van der Waals surface area contributed by atoms with Crippen molar-refractivity contribution in [2.45, 2.75) is 39.0 Å². The summed E-state index contributed by atoms with van der Waals surface area (Å²) in [6, 6.07) is 1.87. The van der Waals surface area contributed by atoms with Gasteiger partial charge in [0.25, 0.3) is 0 Å². The van der Waals surface area contributed by atoms with E-state index in [2.05, 4.69) is 4.98 Å². The second-order valence-corrected chi connectivity index (χ2v) is 4.71. The van der Waals surface area contributed by atoms with E-state index >= 15 is 0 Å². The van der Waals surface area contributed by atoms with E-state index in [1.165, 1.54) is 0 Å². The molecule has 0 bridgehead atoms. The van der Waals surface area contributed by atoms with Crippen LogP contribution in [0, 0.1) is 0 Å². The molecule has 1 aromatic heterocycles. The van der Waals surface area contributed by atoms with Crippen molar-refractivity contribution in [3.63, 3.8) is 0 Å². The molecule has 4 heteroatoms. The molecule has 17 heavy (non-hydrogen) atoms. The molecule has 0 radical (unpaired) electrons. The third-order valence-corrected chi connectivity index (χ3v) is 2.56. The van der Waals surface area contributed by atoms with Crippen molar-refractivity contribution in [3.8, 4) is 5.75 Å². The minimum Gasteiger partial charge on any atom is -0.492 e. The highest BCUT2D eigenvalue weighted by molar-refractivity contribution is 5.68. The largest absolute Gasteiger partial charge is 0.492 e. The maximum Gasteiger partial charge on any atom is 0.304 e. The van der Waals surface area contributed by atoms with E-state index in [4.69, 9.17) is 9.84 Å². The van der Waals surface area contributed by atoms with Crippen molar-refractivity contribution in [1.29, 1.82) is 0 Å². The van der Waals surface area contributed by atoms with Crippen LogP contribution in [0.5, 0.6) is 5.75 Å². The first-order valence-electron chi connectivity index (χ1n) is 5.76. The van der Waals surface area contributed by atoms with Crippen molar-refractivity contribution in [2.75, 3.05) is 6.61 Å². The molecule has 0 aliphatic carbocycles. The molecule has 0 aliphatic rings. The minimum absolute atomic E-state index is 0.0753. The third kappa shape index (κ3) is 4.06. The van der Waals surface area contributed by atoms with Crippen LogP contribution in [0.4, 0.5) is 0 Å². The van der Waals surface area contributed by atoms with E-state index in [0.717, 1.165) is 12.0 Å². The lowest BCUT2D eigenvalue weighted by Crippen LogP contribution is -2.21. The van der Waals surface area contributed by atoms with Gasteiger partial charge >= 0.3 is 5.97 Å². The molecule has 0 aliphatic heterocycles. The van der Waals surface area contributed by atoms with E-state index in [1.54, 1.807) is 12.4 Å². The summed E-state index contributed by atoms with van der Waals surface area (Å²) in [7, 11) is 0. The second kappa shape index (κ2) is 5.66. The zero-order chi connectivity index (χ0) is 12.9. The molecule has 0 spiro atoms. The molecule has 0 amide bonds. The van der Waals surface area contributed by atoms with Crippen LogP contribution < -0.4 is 4.74 Å². The molecule has 0 fully saturated rings. The van der Waals surface area contributed by atoms with Crippen LogP contribution in [0.1, 0.15) is 39.2 Å². The summed E-state index contributed by atoms with van der Waals surface area (Å²) >= 11 is 0. The first-order valence-corrected chi connectivity index (χ1v) is 5.76. The number of ether oxygens (including phenoxy) is 1. The number of pyridine rings is 1. The Kier molecular flexibility index (Phi) is 4.49. The SMILES string of the molecule is CCCOc1cncc(C(C)(C)CC(=O)O)c1. The molecule has 1 rings (SSSR count). The summed E-state index contributed by atoms with van der Waals surface area (Å²) in [4.78, 5) is 14.9. The topological polar surface area (TPSA) is 59.4 Å². The number of carbonyl (C=O) groups is 1. The van der Waals surface area contributed by atoms with Crippen LogP contribution in [0.25, 0.3) is 0 Å². The van der Waals surface area contributed by atoms with E-state index in [9.17, 15) is 4.79 Å². The van der Waals surface area contributed by atoms with Crippen LogP contribution in [0.2, 0.25) is 0 Å². The molecule has 1 heterocycles. The zero-order valence-electron chi connectivity index (χ0n) is 10.6. The van der Waals surface area contributed by atoms with Crippen LogP contribution in [0.15, 0.2) is 18.5 Å². The van der Waals surface area contributed by atoms with Crippen LogP contribution in [0.3, 0.4) is 0 Å². The number of hydrogen-bond acceptors (Lipinski definition) is 3. The van der Waals surface area contributed by atoms with Gasteiger partial charge in [-0.15, -0.1) is 0 Å². The first-order chi connectivity index (χ1) is 7.95. The maximum absolute atomic E-state index is 10.8. The normalized spacial score (nSPS) is 11.2. The van der Waals surface area contributed by atoms with Crippen molar-refractivity contribution >= 4 is 5.97 Å². The lowest BCUT2D eigenvalue weighted by atomic mass is 9.82. The fraction of sp³-hybridized carbons (Fsp3) is 0.538. The molecule has 1 aromatic rings. The number of aromatic nitrogens is 1. The summed E-state index contributed by atoms with van der Waals surface area (Å²) in [5, 5.41) is 8.87. The maximum atomic E-state index is 10.8. The molecule has 0 atom stereocenters. The van der Waals surface area contributed by atoms with Crippen molar-refractivity contribution < 1.29 is 14.6 Å². The van der Waals surface area contributed by atoms with Gasteiger partial charge in [0, 0.05) is 11.6 Å². The van der Waals surface area contributed by atoms with Gasteiger partial charge in [-0.3, -0.25) is 9.78 Å². The van der Waals surface area contributed by atoms with Crippen molar-refractivity contribution in [3.05, 3.63) is 24.0 Å². The fourth-order valence-electron chi connectivity index (χ4n) is 1.57. The number of rotatable bonds is 6. The summed E-state index contributed by atoms with van der Waals surface area (Å²) in [5.74, 6) is -0.113. The quantitative estimate of drug-likeness (QED) is 0.826. The minimum atomic E-state index is -0.810. The van der Waals surface area contributed by atoms with E-state index in [0.29, 0.717) is 12.4 Å². The molecule has 0 unspecified atom stereocenters. The van der Waals surface area contributed by atoms with Gasteiger partial charge in [0.1, 0.15) is 5.75 Å². The highest BCUT2D eigenvalue weighted by atomic mass is 16.5. The Balaban J connectivity index is 2.86. The molecule has 94 valence electrons. The van der Waals surface area contributed by atoms with E-state index in [-0.39, 0.29) is 6.42 Å². The number of carboxylic acid groups (broad SMARTS) is 1. The fourth-order valence-corrected chi connectivity index (χ4v) is 1.57. The van der Waals surface area contributed by atoms with Gasteiger partial charge < -0.3 is 9.84 Å². The van der Waals surface area contributed by atoms with Gasteiger partial charge in [-0.1, -0.05) is 20.8 Å². The van der Waals surface area contributed by atoms with Gasteiger partial charge in [-0.05, 0) is 18.1 Å². The van der Waals surface area contributed by atoms with Crippen molar-refractivity contribution in [2.24, 2.45) is 0 Å². The number of nitrogens with zero attached hydrogens (tertiary/aromatic N) is 1. The zero-order valence-corrected chi connectivity index (χ0v) is 10.6. The lowest BCUT2D eigenvalue weighted by molar-refractivity contribution is -0.138. The van der Waals surface area contributed by atoms with E-state index in [1.807, 2.05) is 26.8 Å². The average molecular weight is 237 g/mol. The summed E-state index contributed by atoms with van der Waals surface area (Å²) in [6.45, 7) is 6.46. The average Bonchev–Trinajstić information content (AvgIpc) is 2.25. The van der Waals surface area contributed by atoms with E-state index < -0.39 is 11.4 Å². The van der Waals surface area contributed by atoms with Gasteiger partial charge in [0.05, 0.1) is 19.2 Å². The highest BCUT2D eigenvalue weighted by Gasteiger charge is 2.24. The summed E-state index contributed by atoms with van der Waals surface area (Å²) in [6.07, 6.45) is 4.35. The molecule has 0 aromatic carbocycles. The molecular formula is C13H19NO3. The number of aliphatic carboxylic acids is 1. The van der Waals surface area contributed by atoms with Crippen LogP contribution in [-0.2, 0) is 10.2 Å². The molecular weight excluding hydrogens is 218 g/mol. The van der Waals surface area contributed by atoms with Crippen LogP contribution in [-0.4, -0.2) is 22.7 Å². The smallest absolute Gasteiger partial charge is 0.304 e. The van der Waals surface area contributed by atoms with Gasteiger partial charge in [-0.2, -0.15) is 0 Å². The molecule has 4 nitrogen and oxygen atoms in total. The Hall–Kier alpha value is -1.58. The summed E-state index contributed by atoms with van der Waals surface area (Å²) in [5.41, 5.74) is 0.443. The van der Waals surface area contributed by atoms with Gasteiger partial charge in [-0.25, -0.2) is 0 Å². The Labute approximate surface area is 102 Å². The van der Waals surface area contributed by atoms with Crippen molar-refractivity contribution in [1.82, 2.24) is 4.98 Å². The van der Waals surface area contributed by atoms with Gasteiger partial charge in [0.2, 0.25) is 0 Å². The predicted octanol–water partition coefficient (Wildman–Crippen LogP) is 2.62. The Morgan fingerprint density at radius 2 is 2.18 bits per heavy atom. The monoisotopic (exact) mass is 237 g/mol. The third-order valence-electron chi connectivity index (χ3n) is 2.56. The molecule has 1 N–H and O–H groups in total. The van der Waals surface area contributed by atoms with Gasteiger partial charge in [0.15, 0.2) is 0 Å². The van der Waals surface area contributed by atoms with Crippen LogP contribution >= 0.6 is 0 Å². The lowest BCUT2D eigenvalue weighted by Gasteiger charge is -2.23. The molecule has 0 saturated carbocycles.